The van der Waals surface area contributed by atoms with E-state index in [1.54, 1.807) is 12.1 Å². The van der Waals surface area contributed by atoms with Gasteiger partial charge >= 0.3 is 0 Å². The average Bonchev–Trinajstić information content (AvgIpc) is 3.00. The summed E-state index contributed by atoms with van der Waals surface area (Å²) in [7, 11) is 0. The summed E-state index contributed by atoms with van der Waals surface area (Å²) in [5.74, 6) is 1.35. The number of nitrogens with zero attached hydrogens (tertiary/aromatic N) is 1. The number of likely N-dealkylation sites (N-methyl/N-ethyl adjacent to an activating group) is 1. The predicted molar refractivity (Wildman–Crippen MR) is 76.7 cm³/mol. The molecule has 1 aromatic carbocycles. The molecule has 104 valence electrons. The summed E-state index contributed by atoms with van der Waals surface area (Å²) in [5.41, 5.74) is 7.22. The van der Waals surface area contributed by atoms with Crippen molar-refractivity contribution in [2.24, 2.45) is 17.6 Å². The fraction of sp³-hybridized carbons (Fsp3) is 0.625. The van der Waals surface area contributed by atoms with Crippen molar-refractivity contribution in [3.8, 4) is 0 Å². The molecule has 2 nitrogen and oxygen atoms in total. The van der Waals surface area contributed by atoms with E-state index in [9.17, 15) is 4.39 Å². The van der Waals surface area contributed by atoms with Crippen LogP contribution in [0.2, 0.25) is 0 Å². The molecule has 3 atom stereocenters. The maximum Gasteiger partial charge on any atom is 0.125 e. The first-order valence-corrected chi connectivity index (χ1v) is 7.43. The first-order valence-electron chi connectivity index (χ1n) is 7.43. The lowest BCUT2D eigenvalue weighted by Gasteiger charge is -2.47. The van der Waals surface area contributed by atoms with E-state index < -0.39 is 0 Å². The van der Waals surface area contributed by atoms with Gasteiger partial charge in [-0.25, -0.2) is 4.39 Å². The molecule has 2 aliphatic carbocycles. The Morgan fingerprint density at radius 3 is 2.79 bits per heavy atom. The van der Waals surface area contributed by atoms with Crippen molar-refractivity contribution in [2.45, 2.75) is 38.1 Å². The number of halogens is 1. The monoisotopic (exact) mass is 262 g/mol. The van der Waals surface area contributed by atoms with Gasteiger partial charge in [0.2, 0.25) is 0 Å². The van der Waals surface area contributed by atoms with Crippen LogP contribution < -0.4 is 10.6 Å². The molecule has 2 saturated carbocycles. The van der Waals surface area contributed by atoms with Crippen LogP contribution in [-0.2, 0) is 0 Å². The summed E-state index contributed by atoms with van der Waals surface area (Å²) in [5, 5.41) is 0. The Balaban J connectivity index is 1.97. The van der Waals surface area contributed by atoms with Crippen LogP contribution in [0.1, 0.15) is 32.6 Å². The van der Waals surface area contributed by atoms with Crippen LogP contribution in [-0.4, -0.2) is 18.6 Å². The molecule has 3 rings (SSSR count). The fourth-order valence-corrected chi connectivity index (χ4v) is 4.50. The van der Waals surface area contributed by atoms with Gasteiger partial charge in [-0.15, -0.1) is 0 Å². The molecule has 3 heteroatoms. The molecule has 0 spiro atoms. The highest BCUT2D eigenvalue weighted by Gasteiger charge is 2.53. The molecule has 0 aliphatic heterocycles. The molecule has 0 radical (unpaired) electrons. The van der Waals surface area contributed by atoms with Crippen LogP contribution in [0.25, 0.3) is 0 Å². The SMILES string of the molecule is CCN(c1cccc(F)c1)C1(CN)CC2CCC1C2. The molecule has 0 amide bonds. The van der Waals surface area contributed by atoms with Gasteiger partial charge in [-0.2, -0.15) is 0 Å². The summed E-state index contributed by atoms with van der Waals surface area (Å²) in [6.45, 7) is 3.72. The van der Waals surface area contributed by atoms with E-state index in [0.717, 1.165) is 18.2 Å². The number of benzene rings is 1. The van der Waals surface area contributed by atoms with E-state index >= 15 is 0 Å². The molecular weight excluding hydrogens is 239 g/mol. The second-order valence-electron chi connectivity index (χ2n) is 6.11. The molecule has 2 bridgehead atoms. The number of rotatable bonds is 4. The first kappa shape index (κ1) is 12.9. The minimum Gasteiger partial charge on any atom is -0.364 e. The Bertz CT molecular complexity index is 462. The summed E-state index contributed by atoms with van der Waals surface area (Å²) in [4.78, 5) is 2.36. The fourth-order valence-electron chi connectivity index (χ4n) is 4.50. The van der Waals surface area contributed by atoms with Crippen LogP contribution in [0.5, 0.6) is 0 Å². The molecule has 0 saturated heterocycles. The Hall–Kier alpha value is -1.09. The van der Waals surface area contributed by atoms with E-state index in [-0.39, 0.29) is 11.4 Å². The number of nitrogens with two attached hydrogens (primary N) is 1. The summed E-state index contributed by atoms with van der Waals surface area (Å²) in [6, 6.07) is 6.96. The van der Waals surface area contributed by atoms with Crippen LogP contribution in [0, 0.1) is 17.7 Å². The predicted octanol–water partition coefficient (Wildman–Crippen LogP) is 3.17. The van der Waals surface area contributed by atoms with E-state index in [4.69, 9.17) is 5.73 Å². The number of hydrogen-bond donors (Lipinski definition) is 1. The van der Waals surface area contributed by atoms with Crippen molar-refractivity contribution in [2.75, 3.05) is 18.0 Å². The quantitative estimate of drug-likeness (QED) is 0.903. The first-order chi connectivity index (χ1) is 9.19. The van der Waals surface area contributed by atoms with Gasteiger partial charge in [-0.1, -0.05) is 6.07 Å². The summed E-state index contributed by atoms with van der Waals surface area (Å²) < 4.78 is 13.5. The lowest BCUT2D eigenvalue weighted by atomic mass is 9.79. The van der Waals surface area contributed by atoms with Gasteiger partial charge in [0, 0.05) is 18.8 Å². The Morgan fingerprint density at radius 2 is 2.26 bits per heavy atom. The standard InChI is InChI=1S/C16H23FN2/c1-2-19(15-5-3-4-14(17)9-15)16(11-18)10-12-6-7-13(16)8-12/h3-5,9,12-13H,2,6-8,10-11,18H2,1H3. The van der Waals surface area contributed by atoms with Gasteiger partial charge in [0.1, 0.15) is 5.82 Å². The van der Waals surface area contributed by atoms with Crippen molar-refractivity contribution >= 4 is 5.69 Å². The van der Waals surface area contributed by atoms with Gasteiger partial charge in [0.15, 0.2) is 0 Å². The molecule has 3 unspecified atom stereocenters. The third-order valence-corrected chi connectivity index (χ3v) is 5.27. The second-order valence-corrected chi connectivity index (χ2v) is 6.11. The molecule has 0 aromatic heterocycles. The number of anilines is 1. The van der Waals surface area contributed by atoms with Gasteiger partial charge < -0.3 is 10.6 Å². The molecule has 2 fully saturated rings. The summed E-state index contributed by atoms with van der Waals surface area (Å²) >= 11 is 0. The van der Waals surface area contributed by atoms with E-state index in [1.807, 2.05) is 6.07 Å². The van der Waals surface area contributed by atoms with Gasteiger partial charge in [-0.05, 0) is 62.6 Å². The lowest BCUT2D eigenvalue weighted by molar-refractivity contribution is 0.259. The Kier molecular flexibility index (Phi) is 3.25. The lowest BCUT2D eigenvalue weighted by Crippen LogP contribution is -2.57. The third-order valence-electron chi connectivity index (χ3n) is 5.27. The zero-order chi connectivity index (χ0) is 13.5. The molecule has 1 aromatic rings. The smallest absolute Gasteiger partial charge is 0.125 e. The maximum atomic E-state index is 13.5. The molecule has 2 aliphatic rings. The average molecular weight is 262 g/mol. The highest BCUT2D eigenvalue weighted by atomic mass is 19.1. The van der Waals surface area contributed by atoms with E-state index in [1.165, 1.54) is 31.7 Å². The van der Waals surface area contributed by atoms with Crippen molar-refractivity contribution in [1.29, 1.82) is 0 Å². The largest absolute Gasteiger partial charge is 0.364 e. The third kappa shape index (κ3) is 1.95. The highest BCUT2D eigenvalue weighted by Crippen LogP contribution is 2.53. The topological polar surface area (TPSA) is 29.3 Å². The van der Waals surface area contributed by atoms with E-state index in [0.29, 0.717) is 12.5 Å². The van der Waals surface area contributed by atoms with Crippen LogP contribution in [0.3, 0.4) is 0 Å². The normalized spacial score (nSPS) is 32.8. The number of hydrogen-bond acceptors (Lipinski definition) is 2. The molecule has 19 heavy (non-hydrogen) atoms. The van der Waals surface area contributed by atoms with Crippen LogP contribution in [0.15, 0.2) is 24.3 Å². The number of fused-ring (bicyclic) bond motifs is 2. The van der Waals surface area contributed by atoms with Crippen molar-refractivity contribution in [1.82, 2.24) is 0 Å². The Morgan fingerprint density at radius 1 is 1.42 bits per heavy atom. The highest BCUT2D eigenvalue weighted by molar-refractivity contribution is 5.50. The minimum atomic E-state index is -0.161. The Labute approximate surface area is 114 Å². The van der Waals surface area contributed by atoms with Gasteiger partial charge in [0.25, 0.3) is 0 Å². The zero-order valence-corrected chi connectivity index (χ0v) is 11.6. The van der Waals surface area contributed by atoms with Gasteiger partial charge in [0.05, 0.1) is 5.54 Å². The van der Waals surface area contributed by atoms with Crippen molar-refractivity contribution in [3.63, 3.8) is 0 Å². The van der Waals surface area contributed by atoms with Gasteiger partial charge in [-0.3, -0.25) is 0 Å². The minimum absolute atomic E-state index is 0.0610. The molecule has 2 N–H and O–H groups in total. The van der Waals surface area contributed by atoms with E-state index in [2.05, 4.69) is 11.8 Å². The van der Waals surface area contributed by atoms with Crippen molar-refractivity contribution in [3.05, 3.63) is 30.1 Å². The summed E-state index contributed by atoms with van der Waals surface area (Å²) in [6.07, 6.45) is 5.13. The molecule has 0 heterocycles. The second kappa shape index (κ2) is 4.78. The van der Waals surface area contributed by atoms with Crippen LogP contribution >= 0.6 is 0 Å². The zero-order valence-electron chi connectivity index (χ0n) is 11.6. The van der Waals surface area contributed by atoms with Crippen molar-refractivity contribution < 1.29 is 4.39 Å². The maximum absolute atomic E-state index is 13.5. The van der Waals surface area contributed by atoms with Crippen LogP contribution in [0.4, 0.5) is 10.1 Å². The molecular formula is C16H23FN2.